The van der Waals surface area contributed by atoms with Gasteiger partial charge in [-0.05, 0) is 43.4 Å². The standard InChI is InChI=1S/C26H27NO3/c1-17-9-6-7-12-20(17)24-23(18(2)27-21-13-8-14-22(28)25(21)24)26(29)30-16-15-19-10-4-3-5-11-19/h3-7,9-12,24,27H,8,13-16H2,1-2H3. The molecule has 2 aromatic carbocycles. The highest BCUT2D eigenvalue weighted by Crippen LogP contribution is 2.43. The Hall–Kier alpha value is -3.14. The van der Waals surface area contributed by atoms with E-state index in [9.17, 15) is 9.59 Å². The van der Waals surface area contributed by atoms with Crippen molar-refractivity contribution in [3.63, 3.8) is 0 Å². The average molecular weight is 402 g/mol. The van der Waals surface area contributed by atoms with E-state index in [2.05, 4.69) is 5.32 Å². The van der Waals surface area contributed by atoms with Crippen LogP contribution in [0.25, 0.3) is 0 Å². The number of aryl methyl sites for hydroxylation is 1. The van der Waals surface area contributed by atoms with Crippen molar-refractivity contribution in [2.75, 3.05) is 6.61 Å². The van der Waals surface area contributed by atoms with Crippen LogP contribution in [0.1, 0.15) is 48.8 Å². The number of esters is 1. The first-order valence-corrected chi connectivity index (χ1v) is 10.6. The van der Waals surface area contributed by atoms with Crippen LogP contribution in [0.5, 0.6) is 0 Å². The van der Waals surface area contributed by atoms with E-state index in [1.165, 1.54) is 0 Å². The first-order valence-electron chi connectivity index (χ1n) is 10.6. The Kier molecular flexibility index (Phi) is 5.84. The van der Waals surface area contributed by atoms with Gasteiger partial charge >= 0.3 is 5.97 Å². The van der Waals surface area contributed by atoms with Crippen molar-refractivity contribution >= 4 is 11.8 Å². The molecule has 4 heteroatoms. The number of hydrogen-bond donors (Lipinski definition) is 1. The molecule has 0 spiro atoms. The number of benzene rings is 2. The van der Waals surface area contributed by atoms with E-state index in [1.54, 1.807) is 0 Å². The second-order valence-corrected chi connectivity index (χ2v) is 7.99. The molecular weight excluding hydrogens is 374 g/mol. The Morgan fingerprint density at radius 3 is 2.53 bits per heavy atom. The summed E-state index contributed by atoms with van der Waals surface area (Å²) in [4.78, 5) is 26.1. The third-order valence-electron chi connectivity index (χ3n) is 5.96. The van der Waals surface area contributed by atoms with Gasteiger partial charge in [-0.15, -0.1) is 0 Å². The van der Waals surface area contributed by atoms with Gasteiger partial charge in [-0.1, -0.05) is 54.6 Å². The molecule has 4 nitrogen and oxygen atoms in total. The minimum atomic E-state index is -0.375. The number of nitrogens with one attached hydrogen (secondary N) is 1. The van der Waals surface area contributed by atoms with E-state index in [0.717, 1.165) is 46.5 Å². The fourth-order valence-corrected chi connectivity index (χ4v) is 4.46. The number of dihydropyridines is 1. The third kappa shape index (κ3) is 3.95. The molecule has 4 rings (SSSR count). The highest BCUT2D eigenvalue weighted by Gasteiger charge is 2.39. The molecule has 0 fully saturated rings. The molecule has 154 valence electrons. The molecule has 1 heterocycles. The number of hydrogen-bond acceptors (Lipinski definition) is 4. The third-order valence-corrected chi connectivity index (χ3v) is 5.96. The largest absolute Gasteiger partial charge is 0.462 e. The molecular formula is C26H27NO3. The van der Waals surface area contributed by atoms with Crippen LogP contribution in [0, 0.1) is 6.92 Å². The van der Waals surface area contributed by atoms with Gasteiger partial charge in [0.25, 0.3) is 0 Å². The Balaban J connectivity index is 1.65. The zero-order valence-electron chi connectivity index (χ0n) is 17.5. The number of ether oxygens (including phenoxy) is 1. The summed E-state index contributed by atoms with van der Waals surface area (Å²) in [5.74, 6) is -0.604. The highest BCUT2D eigenvalue weighted by molar-refractivity contribution is 6.03. The molecule has 0 bridgehead atoms. The summed E-state index contributed by atoms with van der Waals surface area (Å²) in [6.07, 6.45) is 2.86. The topological polar surface area (TPSA) is 55.4 Å². The van der Waals surface area contributed by atoms with Gasteiger partial charge in [0.2, 0.25) is 0 Å². The van der Waals surface area contributed by atoms with Crippen LogP contribution >= 0.6 is 0 Å². The summed E-state index contributed by atoms with van der Waals surface area (Å²) in [5.41, 5.74) is 6.20. The van der Waals surface area contributed by atoms with Crippen LogP contribution in [0.3, 0.4) is 0 Å². The quantitative estimate of drug-likeness (QED) is 0.735. The molecule has 1 aliphatic carbocycles. The van der Waals surface area contributed by atoms with Gasteiger partial charge in [-0.25, -0.2) is 4.79 Å². The van der Waals surface area contributed by atoms with Gasteiger partial charge in [0.15, 0.2) is 5.78 Å². The lowest BCUT2D eigenvalue weighted by Gasteiger charge is -2.34. The molecule has 2 aromatic rings. The Labute approximate surface area is 177 Å². The minimum Gasteiger partial charge on any atom is -0.462 e. The van der Waals surface area contributed by atoms with Gasteiger partial charge in [0.05, 0.1) is 12.2 Å². The molecule has 2 aliphatic rings. The number of carbonyl (C=O) groups is 2. The van der Waals surface area contributed by atoms with Crippen LogP contribution in [-0.4, -0.2) is 18.4 Å². The van der Waals surface area contributed by atoms with Crippen LogP contribution < -0.4 is 5.32 Å². The van der Waals surface area contributed by atoms with Gasteiger partial charge in [-0.2, -0.15) is 0 Å². The molecule has 30 heavy (non-hydrogen) atoms. The minimum absolute atomic E-state index is 0.124. The average Bonchev–Trinajstić information content (AvgIpc) is 2.74. The summed E-state index contributed by atoms with van der Waals surface area (Å²) in [5, 5.41) is 3.34. The van der Waals surface area contributed by atoms with Crippen molar-refractivity contribution in [3.8, 4) is 0 Å². The second kappa shape index (κ2) is 8.70. The molecule has 0 saturated heterocycles. The first-order chi connectivity index (χ1) is 14.6. The summed E-state index contributed by atoms with van der Waals surface area (Å²) in [6.45, 7) is 4.24. The van der Waals surface area contributed by atoms with Crippen LogP contribution in [0.15, 0.2) is 77.1 Å². The van der Waals surface area contributed by atoms with E-state index in [1.807, 2.05) is 68.4 Å². The highest BCUT2D eigenvalue weighted by atomic mass is 16.5. The van der Waals surface area contributed by atoms with Crippen LogP contribution in [-0.2, 0) is 20.7 Å². The van der Waals surface area contributed by atoms with E-state index < -0.39 is 0 Å². The fourth-order valence-electron chi connectivity index (χ4n) is 4.46. The van der Waals surface area contributed by atoms with E-state index >= 15 is 0 Å². The number of rotatable bonds is 5. The predicted octanol–water partition coefficient (Wildman–Crippen LogP) is 4.75. The summed E-state index contributed by atoms with van der Waals surface area (Å²) >= 11 is 0. The fraction of sp³-hybridized carbons (Fsp3) is 0.308. The number of allylic oxidation sites excluding steroid dienone is 3. The van der Waals surface area contributed by atoms with Crippen molar-refractivity contribution in [3.05, 3.63) is 93.8 Å². The maximum atomic E-state index is 13.2. The molecule has 1 N–H and O–H groups in total. The Morgan fingerprint density at radius 1 is 1.03 bits per heavy atom. The lowest BCUT2D eigenvalue weighted by Crippen LogP contribution is -2.34. The maximum Gasteiger partial charge on any atom is 0.336 e. The van der Waals surface area contributed by atoms with E-state index in [4.69, 9.17) is 4.74 Å². The normalized spacial score (nSPS) is 18.7. The number of Topliss-reactive ketones (excluding diaryl/α,β-unsaturated/α-hetero) is 1. The zero-order chi connectivity index (χ0) is 21.1. The van der Waals surface area contributed by atoms with Crippen molar-refractivity contribution in [1.29, 1.82) is 0 Å². The summed E-state index contributed by atoms with van der Waals surface area (Å²) < 4.78 is 5.69. The van der Waals surface area contributed by atoms with Crippen LogP contribution in [0.2, 0.25) is 0 Å². The SMILES string of the molecule is CC1=C(C(=O)OCCc2ccccc2)C(c2ccccc2C)C2=C(CCCC2=O)N1. The van der Waals surface area contributed by atoms with Crippen molar-refractivity contribution < 1.29 is 14.3 Å². The van der Waals surface area contributed by atoms with Crippen molar-refractivity contribution in [2.45, 2.75) is 45.4 Å². The second-order valence-electron chi connectivity index (χ2n) is 7.99. The molecule has 0 amide bonds. The molecule has 0 saturated carbocycles. The summed E-state index contributed by atoms with van der Waals surface area (Å²) in [7, 11) is 0. The number of ketones is 1. The van der Waals surface area contributed by atoms with E-state index in [0.29, 0.717) is 25.0 Å². The lowest BCUT2D eigenvalue weighted by atomic mass is 9.74. The van der Waals surface area contributed by atoms with Gasteiger partial charge in [0, 0.05) is 35.7 Å². The zero-order valence-corrected chi connectivity index (χ0v) is 17.5. The lowest BCUT2D eigenvalue weighted by molar-refractivity contribution is -0.139. The molecule has 1 unspecified atom stereocenters. The van der Waals surface area contributed by atoms with Crippen LogP contribution in [0.4, 0.5) is 0 Å². The molecule has 0 aromatic heterocycles. The maximum absolute atomic E-state index is 13.2. The van der Waals surface area contributed by atoms with E-state index in [-0.39, 0.29) is 17.7 Å². The molecule has 1 atom stereocenters. The molecule has 0 radical (unpaired) electrons. The summed E-state index contributed by atoms with van der Waals surface area (Å²) in [6, 6.07) is 18.0. The van der Waals surface area contributed by atoms with Gasteiger partial charge in [0.1, 0.15) is 0 Å². The number of carbonyl (C=O) groups excluding carboxylic acids is 2. The first kappa shape index (κ1) is 20.1. The monoisotopic (exact) mass is 401 g/mol. The Morgan fingerprint density at radius 2 is 1.77 bits per heavy atom. The van der Waals surface area contributed by atoms with Crippen molar-refractivity contribution in [1.82, 2.24) is 5.32 Å². The van der Waals surface area contributed by atoms with Gasteiger partial charge < -0.3 is 10.1 Å². The predicted molar refractivity (Wildman–Crippen MR) is 117 cm³/mol. The van der Waals surface area contributed by atoms with Gasteiger partial charge in [-0.3, -0.25) is 4.79 Å². The molecule has 1 aliphatic heterocycles. The Bertz CT molecular complexity index is 1030. The smallest absolute Gasteiger partial charge is 0.336 e. The van der Waals surface area contributed by atoms with Crippen molar-refractivity contribution in [2.24, 2.45) is 0 Å².